The minimum Gasteiger partial charge on any atom is -0.469 e. The molecule has 1 saturated heterocycles. The smallest absolute Gasteiger partial charge is 0.310 e. The van der Waals surface area contributed by atoms with Crippen molar-refractivity contribution in [1.82, 2.24) is 9.80 Å². The van der Waals surface area contributed by atoms with Crippen LogP contribution in [0.1, 0.15) is 19.8 Å². The highest BCUT2D eigenvalue weighted by Crippen LogP contribution is 2.08. The molecule has 0 aliphatic carbocycles. The Labute approximate surface area is 114 Å². The van der Waals surface area contributed by atoms with Gasteiger partial charge in [-0.15, -0.1) is 0 Å². The van der Waals surface area contributed by atoms with Crippen LogP contribution in [0.5, 0.6) is 0 Å². The van der Waals surface area contributed by atoms with Crippen molar-refractivity contribution in [2.45, 2.75) is 25.8 Å². The summed E-state index contributed by atoms with van der Waals surface area (Å²) in [7, 11) is 3.08. The summed E-state index contributed by atoms with van der Waals surface area (Å²) in [6.45, 7) is 4.28. The molecule has 6 nitrogen and oxygen atoms in total. The summed E-state index contributed by atoms with van der Waals surface area (Å²) in [5.74, 6) is -0.552. The number of hydrogen-bond acceptors (Lipinski definition) is 5. The lowest BCUT2D eigenvalue weighted by Crippen LogP contribution is -2.46. The van der Waals surface area contributed by atoms with Crippen LogP contribution in [0.15, 0.2) is 0 Å². The molecular formula is C13H25N3O3. The van der Waals surface area contributed by atoms with Crippen molar-refractivity contribution in [2.24, 2.45) is 11.7 Å². The number of carbonyl (C=O) groups excluding carboxylic acids is 2. The number of hydrogen-bond donors (Lipinski definition) is 1. The van der Waals surface area contributed by atoms with Crippen LogP contribution >= 0.6 is 0 Å². The second-order valence-electron chi connectivity index (χ2n) is 5.31. The van der Waals surface area contributed by atoms with Crippen LogP contribution in [0.4, 0.5) is 0 Å². The second kappa shape index (κ2) is 7.45. The fraction of sp³-hybridized carbons (Fsp3) is 0.846. The lowest BCUT2D eigenvalue weighted by Gasteiger charge is -2.31. The number of likely N-dealkylation sites (tertiary alicyclic amines) is 1. The number of methoxy groups -OCH3 is 1. The maximum absolute atomic E-state index is 12.0. The predicted octanol–water partition coefficient (Wildman–Crippen LogP) is -0.323. The molecule has 1 rings (SSSR count). The van der Waals surface area contributed by atoms with Crippen molar-refractivity contribution >= 4 is 11.9 Å². The van der Waals surface area contributed by atoms with Gasteiger partial charge in [-0.3, -0.25) is 14.5 Å². The molecule has 1 amide bonds. The van der Waals surface area contributed by atoms with Gasteiger partial charge in [0.25, 0.3) is 0 Å². The van der Waals surface area contributed by atoms with Crippen LogP contribution in [-0.2, 0) is 14.3 Å². The van der Waals surface area contributed by atoms with Crippen LogP contribution in [0.25, 0.3) is 0 Å². The zero-order valence-electron chi connectivity index (χ0n) is 12.1. The Morgan fingerprint density at radius 3 is 2.53 bits per heavy atom. The van der Waals surface area contributed by atoms with Crippen LogP contribution in [0.3, 0.4) is 0 Å². The summed E-state index contributed by atoms with van der Waals surface area (Å²) in [5, 5.41) is 0. The molecule has 110 valence electrons. The summed E-state index contributed by atoms with van der Waals surface area (Å²) in [6, 6.07) is 0.267. The van der Waals surface area contributed by atoms with E-state index in [2.05, 4.69) is 9.64 Å². The van der Waals surface area contributed by atoms with Gasteiger partial charge in [-0.2, -0.15) is 0 Å². The van der Waals surface area contributed by atoms with Gasteiger partial charge in [0, 0.05) is 32.7 Å². The summed E-state index contributed by atoms with van der Waals surface area (Å²) < 4.78 is 4.65. The van der Waals surface area contributed by atoms with Gasteiger partial charge in [-0.25, -0.2) is 0 Å². The molecule has 0 saturated carbocycles. The molecule has 1 atom stereocenters. The summed E-state index contributed by atoms with van der Waals surface area (Å²) in [6.07, 6.45) is 1.88. The molecule has 0 aromatic rings. The van der Waals surface area contributed by atoms with E-state index in [-0.39, 0.29) is 23.8 Å². The van der Waals surface area contributed by atoms with E-state index in [0.717, 1.165) is 25.9 Å². The first-order valence-corrected chi connectivity index (χ1v) is 6.73. The van der Waals surface area contributed by atoms with Crippen LogP contribution in [-0.4, -0.2) is 68.1 Å². The molecule has 0 spiro atoms. The molecule has 0 radical (unpaired) electrons. The molecule has 0 aromatic carbocycles. The van der Waals surface area contributed by atoms with Crippen LogP contribution < -0.4 is 5.73 Å². The first-order valence-electron chi connectivity index (χ1n) is 6.73. The maximum atomic E-state index is 12.0. The van der Waals surface area contributed by atoms with E-state index in [1.165, 1.54) is 7.11 Å². The zero-order chi connectivity index (χ0) is 14.4. The number of ether oxygens (including phenoxy) is 1. The van der Waals surface area contributed by atoms with Crippen molar-refractivity contribution in [3.63, 3.8) is 0 Å². The Morgan fingerprint density at radius 2 is 2.00 bits per heavy atom. The first kappa shape index (κ1) is 15.9. The van der Waals surface area contributed by atoms with Crippen LogP contribution in [0, 0.1) is 5.92 Å². The van der Waals surface area contributed by atoms with E-state index < -0.39 is 0 Å². The number of piperidine rings is 1. The Balaban J connectivity index is 2.34. The van der Waals surface area contributed by atoms with E-state index in [4.69, 9.17) is 5.73 Å². The van der Waals surface area contributed by atoms with Crippen molar-refractivity contribution in [3.8, 4) is 0 Å². The number of esters is 1. The highest BCUT2D eigenvalue weighted by molar-refractivity contribution is 5.79. The fourth-order valence-corrected chi connectivity index (χ4v) is 2.21. The normalized spacial score (nSPS) is 18.9. The number of carbonyl (C=O) groups is 2. The van der Waals surface area contributed by atoms with Gasteiger partial charge in [-0.05, 0) is 12.8 Å². The lowest BCUT2D eigenvalue weighted by atomic mass is 10.1. The van der Waals surface area contributed by atoms with Gasteiger partial charge in [0.05, 0.1) is 19.6 Å². The Morgan fingerprint density at radius 1 is 1.42 bits per heavy atom. The molecule has 19 heavy (non-hydrogen) atoms. The first-order chi connectivity index (χ1) is 8.93. The van der Waals surface area contributed by atoms with Crippen molar-refractivity contribution < 1.29 is 14.3 Å². The molecule has 1 heterocycles. The topological polar surface area (TPSA) is 75.9 Å². The summed E-state index contributed by atoms with van der Waals surface area (Å²) in [5.41, 5.74) is 5.83. The Kier molecular flexibility index (Phi) is 6.24. The quantitative estimate of drug-likeness (QED) is 0.693. The van der Waals surface area contributed by atoms with Crippen molar-refractivity contribution in [2.75, 3.05) is 40.3 Å². The number of rotatable bonds is 5. The monoisotopic (exact) mass is 271 g/mol. The Bertz CT molecular complexity index is 314. The van der Waals surface area contributed by atoms with E-state index in [0.29, 0.717) is 13.1 Å². The molecule has 0 aromatic heterocycles. The van der Waals surface area contributed by atoms with E-state index in [1.807, 2.05) is 0 Å². The van der Waals surface area contributed by atoms with Gasteiger partial charge in [-0.1, -0.05) is 6.92 Å². The molecule has 6 heteroatoms. The molecule has 1 aliphatic rings. The second-order valence-corrected chi connectivity index (χ2v) is 5.31. The number of amides is 1. The molecule has 1 aliphatic heterocycles. The molecule has 2 N–H and O–H groups in total. The highest BCUT2D eigenvalue weighted by atomic mass is 16.5. The average molecular weight is 271 g/mol. The third kappa shape index (κ3) is 5.16. The van der Waals surface area contributed by atoms with E-state index >= 15 is 0 Å². The number of nitrogens with zero attached hydrogens (tertiary/aromatic N) is 2. The highest BCUT2D eigenvalue weighted by Gasteiger charge is 2.22. The largest absolute Gasteiger partial charge is 0.469 e. The molecule has 0 bridgehead atoms. The minimum atomic E-state index is -0.297. The molecular weight excluding hydrogens is 246 g/mol. The van der Waals surface area contributed by atoms with Crippen molar-refractivity contribution in [3.05, 3.63) is 0 Å². The van der Waals surface area contributed by atoms with Gasteiger partial charge in [0.15, 0.2) is 0 Å². The van der Waals surface area contributed by atoms with Crippen molar-refractivity contribution in [1.29, 1.82) is 0 Å². The van der Waals surface area contributed by atoms with Gasteiger partial charge >= 0.3 is 5.97 Å². The van der Waals surface area contributed by atoms with E-state index in [9.17, 15) is 9.59 Å². The fourth-order valence-electron chi connectivity index (χ4n) is 2.21. The third-order valence-corrected chi connectivity index (χ3v) is 3.57. The van der Waals surface area contributed by atoms with E-state index in [1.54, 1.807) is 18.9 Å². The SMILES string of the molecule is COC(=O)C(C)CN(C)C(=O)CN1CCC(N)CC1. The summed E-state index contributed by atoms with van der Waals surface area (Å²) >= 11 is 0. The number of nitrogens with two attached hydrogens (primary N) is 1. The molecule has 1 fully saturated rings. The van der Waals surface area contributed by atoms with Gasteiger partial charge in [0.1, 0.15) is 0 Å². The minimum absolute atomic E-state index is 0.0335. The number of likely N-dealkylation sites (N-methyl/N-ethyl adjacent to an activating group) is 1. The summed E-state index contributed by atoms with van der Waals surface area (Å²) in [4.78, 5) is 27.1. The third-order valence-electron chi connectivity index (χ3n) is 3.57. The molecule has 1 unspecified atom stereocenters. The zero-order valence-corrected chi connectivity index (χ0v) is 12.1. The average Bonchev–Trinajstić information content (AvgIpc) is 2.40. The standard InChI is InChI=1S/C13H25N3O3/c1-10(13(18)19-3)8-15(2)12(17)9-16-6-4-11(14)5-7-16/h10-11H,4-9,14H2,1-3H3. The van der Waals surface area contributed by atoms with Crippen LogP contribution in [0.2, 0.25) is 0 Å². The Hall–Kier alpha value is -1.14. The van der Waals surface area contributed by atoms with Gasteiger partial charge < -0.3 is 15.4 Å². The maximum Gasteiger partial charge on any atom is 0.310 e. The van der Waals surface area contributed by atoms with Gasteiger partial charge in [0.2, 0.25) is 5.91 Å². The lowest BCUT2D eigenvalue weighted by molar-refractivity contribution is -0.146. The predicted molar refractivity (Wildman–Crippen MR) is 72.5 cm³/mol.